The van der Waals surface area contributed by atoms with E-state index in [1.165, 1.54) is 0 Å². The summed E-state index contributed by atoms with van der Waals surface area (Å²) in [5, 5.41) is 8.58. The normalized spacial score (nSPS) is 11.8. The van der Waals surface area contributed by atoms with Gasteiger partial charge in [-0.05, 0) is 38.1 Å². The Morgan fingerprint density at radius 3 is 2.50 bits per heavy atom. The molecule has 0 fully saturated rings. The molecular formula is C11H13NO2. The van der Waals surface area contributed by atoms with Crippen molar-refractivity contribution in [1.29, 1.82) is 5.26 Å². The van der Waals surface area contributed by atoms with E-state index < -0.39 is 0 Å². The Morgan fingerprint density at radius 1 is 1.36 bits per heavy atom. The van der Waals surface area contributed by atoms with E-state index in [0.717, 1.165) is 0 Å². The van der Waals surface area contributed by atoms with Gasteiger partial charge in [-0.3, -0.25) is 0 Å². The minimum atomic E-state index is -0.257. The predicted octanol–water partition coefficient (Wildman–Crippen LogP) is 2.32. The second kappa shape index (κ2) is 5.25. The molecule has 0 aromatic heterocycles. The fraction of sp³-hybridized carbons (Fsp3) is 0.364. The number of ether oxygens (including phenoxy) is 2. The zero-order valence-electron chi connectivity index (χ0n) is 8.36. The van der Waals surface area contributed by atoms with Crippen molar-refractivity contribution >= 4 is 0 Å². The van der Waals surface area contributed by atoms with Crippen LogP contribution in [0.15, 0.2) is 24.3 Å². The molecule has 0 aliphatic heterocycles. The van der Waals surface area contributed by atoms with Crippen LogP contribution in [0.2, 0.25) is 0 Å². The topological polar surface area (TPSA) is 42.2 Å². The first-order chi connectivity index (χ1) is 6.76. The highest BCUT2D eigenvalue weighted by atomic mass is 16.7. The molecule has 0 saturated heterocycles. The molecule has 1 atom stereocenters. The molecule has 0 bridgehead atoms. The Morgan fingerprint density at radius 2 is 2.00 bits per heavy atom. The Bertz CT molecular complexity index is 313. The molecule has 74 valence electrons. The van der Waals surface area contributed by atoms with Crippen LogP contribution >= 0.6 is 0 Å². The maximum Gasteiger partial charge on any atom is 0.196 e. The molecule has 1 rings (SSSR count). The molecule has 14 heavy (non-hydrogen) atoms. The molecule has 0 heterocycles. The first kappa shape index (κ1) is 10.6. The van der Waals surface area contributed by atoms with Crippen LogP contribution in [0.5, 0.6) is 5.75 Å². The van der Waals surface area contributed by atoms with E-state index in [1.807, 2.05) is 19.9 Å². The maximum absolute atomic E-state index is 8.58. The lowest BCUT2D eigenvalue weighted by Crippen LogP contribution is -2.15. The Balaban J connectivity index is 2.56. The lowest BCUT2D eigenvalue weighted by Gasteiger charge is -2.13. The zero-order valence-corrected chi connectivity index (χ0v) is 8.36. The summed E-state index contributed by atoms with van der Waals surface area (Å²) >= 11 is 0. The summed E-state index contributed by atoms with van der Waals surface area (Å²) in [4.78, 5) is 0. The first-order valence-corrected chi connectivity index (χ1v) is 4.54. The van der Waals surface area contributed by atoms with Crippen molar-refractivity contribution in [1.82, 2.24) is 0 Å². The van der Waals surface area contributed by atoms with Crippen molar-refractivity contribution in [3.63, 3.8) is 0 Å². The smallest absolute Gasteiger partial charge is 0.196 e. The van der Waals surface area contributed by atoms with Gasteiger partial charge in [-0.1, -0.05) is 0 Å². The predicted molar refractivity (Wildman–Crippen MR) is 52.9 cm³/mol. The van der Waals surface area contributed by atoms with Crippen LogP contribution < -0.4 is 4.74 Å². The second-order valence-corrected chi connectivity index (χ2v) is 2.78. The summed E-state index contributed by atoms with van der Waals surface area (Å²) in [6, 6.07) is 8.99. The van der Waals surface area contributed by atoms with Crippen molar-refractivity contribution in [2.75, 3.05) is 6.61 Å². The van der Waals surface area contributed by atoms with E-state index in [0.29, 0.717) is 17.9 Å². The van der Waals surface area contributed by atoms with Crippen molar-refractivity contribution < 1.29 is 9.47 Å². The summed E-state index contributed by atoms with van der Waals surface area (Å²) in [7, 11) is 0. The van der Waals surface area contributed by atoms with Gasteiger partial charge in [-0.25, -0.2) is 0 Å². The molecule has 3 heteroatoms. The van der Waals surface area contributed by atoms with Gasteiger partial charge in [0.15, 0.2) is 6.29 Å². The van der Waals surface area contributed by atoms with Crippen LogP contribution in [0, 0.1) is 11.3 Å². The van der Waals surface area contributed by atoms with E-state index in [-0.39, 0.29) is 6.29 Å². The first-order valence-electron chi connectivity index (χ1n) is 4.54. The van der Waals surface area contributed by atoms with Crippen molar-refractivity contribution in [3.05, 3.63) is 29.8 Å². The van der Waals surface area contributed by atoms with E-state index in [2.05, 4.69) is 0 Å². The SMILES string of the molecule is CCO[C@H](C)Oc1ccc(C#N)cc1. The molecule has 0 aliphatic rings. The second-order valence-electron chi connectivity index (χ2n) is 2.78. The van der Waals surface area contributed by atoms with Crippen LogP contribution in [-0.2, 0) is 4.74 Å². The molecule has 0 aliphatic carbocycles. The largest absolute Gasteiger partial charge is 0.465 e. The zero-order chi connectivity index (χ0) is 10.4. The van der Waals surface area contributed by atoms with Gasteiger partial charge in [0.05, 0.1) is 11.6 Å². The van der Waals surface area contributed by atoms with Gasteiger partial charge in [0.25, 0.3) is 0 Å². The van der Waals surface area contributed by atoms with Gasteiger partial charge in [-0.2, -0.15) is 5.26 Å². The molecule has 0 amide bonds. The third kappa shape index (κ3) is 3.08. The van der Waals surface area contributed by atoms with Crippen molar-refractivity contribution in [3.8, 4) is 11.8 Å². The van der Waals surface area contributed by atoms with Gasteiger partial charge in [-0.15, -0.1) is 0 Å². The van der Waals surface area contributed by atoms with Gasteiger partial charge in [0.1, 0.15) is 5.75 Å². The third-order valence-electron chi connectivity index (χ3n) is 1.69. The Labute approximate surface area is 83.9 Å². The maximum atomic E-state index is 8.58. The lowest BCUT2D eigenvalue weighted by molar-refractivity contribution is -0.0613. The number of hydrogen-bond acceptors (Lipinski definition) is 3. The number of nitrogens with zero attached hydrogens (tertiary/aromatic N) is 1. The molecule has 1 aromatic rings. The summed E-state index contributed by atoms with van der Waals surface area (Å²) in [5.41, 5.74) is 0.626. The Kier molecular flexibility index (Phi) is 3.96. The highest BCUT2D eigenvalue weighted by Gasteiger charge is 2.01. The molecule has 0 saturated carbocycles. The van der Waals surface area contributed by atoms with E-state index in [1.54, 1.807) is 24.3 Å². The monoisotopic (exact) mass is 191 g/mol. The summed E-state index contributed by atoms with van der Waals surface area (Å²) < 4.78 is 10.6. The number of benzene rings is 1. The minimum Gasteiger partial charge on any atom is -0.465 e. The van der Waals surface area contributed by atoms with Crippen LogP contribution in [0.1, 0.15) is 19.4 Å². The highest BCUT2D eigenvalue weighted by molar-refractivity contribution is 5.34. The Hall–Kier alpha value is -1.53. The molecule has 1 aromatic carbocycles. The van der Waals surface area contributed by atoms with Crippen LogP contribution in [0.3, 0.4) is 0 Å². The van der Waals surface area contributed by atoms with E-state index in [4.69, 9.17) is 14.7 Å². The lowest BCUT2D eigenvalue weighted by atomic mass is 10.2. The molecule has 0 spiro atoms. The standard InChI is InChI=1S/C11H13NO2/c1-3-13-9(2)14-11-6-4-10(8-12)5-7-11/h4-7,9H,3H2,1-2H3/t9-/m0/s1. The van der Waals surface area contributed by atoms with Gasteiger partial charge in [0.2, 0.25) is 0 Å². The highest BCUT2D eigenvalue weighted by Crippen LogP contribution is 2.13. The number of nitriles is 1. The molecule has 0 radical (unpaired) electrons. The molecule has 0 unspecified atom stereocenters. The van der Waals surface area contributed by atoms with Gasteiger partial charge in [0, 0.05) is 6.61 Å². The molecule has 0 N–H and O–H groups in total. The quantitative estimate of drug-likeness (QED) is 0.686. The number of rotatable bonds is 4. The minimum absolute atomic E-state index is 0.257. The van der Waals surface area contributed by atoms with Crippen LogP contribution in [-0.4, -0.2) is 12.9 Å². The van der Waals surface area contributed by atoms with Crippen molar-refractivity contribution in [2.24, 2.45) is 0 Å². The van der Waals surface area contributed by atoms with E-state index >= 15 is 0 Å². The summed E-state index contributed by atoms with van der Waals surface area (Å²) in [5.74, 6) is 0.713. The summed E-state index contributed by atoms with van der Waals surface area (Å²) in [6.07, 6.45) is -0.257. The van der Waals surface area contributed by atoms with Gasteiger partial charge >= 0.3 is 0 Å². The van der Waals surface area contributed by atoms with Crippen molar-refractivity contribution in [2.45, 2.75) is 20.1 Å². The summed E-state index contributed by atoms with van der Waals surface area (Å²) in [6.45, 7) is 4.37. The van der Waals surface area contributed by atoms with Crippen LogP contribution in [0.4, 0.5) is 0 Å². The van der Waals surface area contributed by atoms with Crippen LogP contribution in [0.25, 0.3) is 0 Å². The average Bonchev–Trinajstić information content (AvgIpc) is 2.19. The van der Waals surface area contributed by atoms with E-state index in [9.17, 15) is 0 Å². The van der Waals surface area contributed by atoms with Gasteiger partial charge < -0.3 is 9.47 Å². The fourth-order valence-corrected chi connectivity index (χ4v) is 1.07. The molecule has 3 nitrogen and oxygen atoms in total. The molecular weight excluding hydrogens is 178 g/mol. The third-order valence-corrected chi connectivity index (χ3v) is 1.69. The fourth-order valence-electron chi connectivity index (χ4n) is 1.07. The number of hydrogen-bond donors (Lipinski definition) is 0. The average molecular weight is 191 g/mol.